The Bertz CT molecular complexity index is 535. The second kappa shape index (κ2) is 5.65. The van der Waals surface area contributed by atoms with E-state index in [0.717, 1.165) is 24.7 Å². The third-order valence-corrected chi connectivity index (χ3v) is 4.66. The summed E-state index contributed by atoms with van der Waals surface area (Å²) in [7, 11) is -4.13. The van der Waals surface area contributed by atoms with Crippen LogP contribution in [0.2, 0.25) is 0 Å². The molecule has 0 aromatic heterocycles. The molecule has 6 nitrogen and oxygen atoms in total. The van der Waals surface area contributed by atoms with Crippen LogP contribution in [0.3, 0.4) is 0 Å². The average Bonchev–Trinajstić information content (AvgIpc) is 2.36. The van der Waals surface area contributed by atoms with Gasteiger partial charge in [0.25, 0.3) is 10.1 Å². The Morgan fingerprint density at radius 1 is 1.55 bits per heavy atom. The van der Waals surface area contributed by atoms with Gasteiger partial charge in [0.1, 0.15) is 18.6 Å². The van der Waals surface area contributed by atoms with Crippen molar-refractivity contribution in [3.63, 3.8) is 0 Å². The van der Waals surface area contributed by atoms with Crippen LogP contribution in [0.25, 0.3) is 0 Å². The summed E-state index contributed by atoms with van der Waals surface area (Å²) in [5.74, 6) is -1.33. The van der Waals surface area contributed by atoms with Crippen LogP contribution in [0, 0.1) is 11.3 Å². The molecule has 1 saturated carbocycles. The predicted molar refractivity (Wildman–Crippen MR) is 70.5 cm³/mol. The molecule has 0 saturated heterocycles. The number of hydrogen-bond acceptors (Lipinski definition) is 5. The Hall–Kier alpha value is -1.21. The number of carbonyl (C=O) groups is 2. The Morgan fingerprint density at radius 3 is 2.95 bits per heavy atom. The summed E-state index contributed by atoms with van der Waals surface area (Å²) in [4.78, 5) is 23.2. The van der Waals surface area contributed by atoms with Crippen molar-refractivity contribution < 1.29 is 27.3 Å². The molecule has 0 spiro atoms. The van der Waals surface area contributed by atoms with Crippen LogP contribution in [-0.4, -0.2) is 37.6 Å². The van der Waals surface area contributed by atoms with Gasteiger partial charge in [-0.3, -0.25) is 9.35 Å². The number of hydrogen-bond donors (Lipinski definition) is 1. The summed E-state index contributed by atoms with van der Waals surface area (Å²) in [6.07, 6.45) is 6.18. The zero-order valence-corrected chi connectivity index (χ0v) is 11.9. The first kappa shape index (κ1) is 15.2. The monoisotopic (exact) mass is 302 g/mol. The molecule has 2 aliphatic rings. The second-order valence-electron chi connectivity index (χ2n) is 5.56. The van der Waals surface area contributed by atoms with Crippen molar-refractivity contribution >= 4 is 22.4 Å². The molecule has 1 fully saturated rings. The standard InChI is InChI=1S/C13H18O6S/c14-9-11-6-10-2-1-3-13(7-10,8-11)12(15)19-4-5-20(16,17)18/h6,9,11H,1-5,7-8H2,(H,16,17,18). The highest BCUT2D eigenvalue weighted by atomic mass is 32.2. The fraction of sp³-hybridized carbons (Fsp3) is 0.692. The summed E-state index contributed by atoms with van der Waals surface area (Å²) >= 11 is 0. The van der Waals surface area contributed by atoms with E-state index in [-0.39, 0.29) is 12.5 Å². The van der Waals surface area contributed by atoms with Crippen molar-refractivity contribution in [3.05, 3.63) is 11.6 Å². The zero-order valence-electron chi connectivity index (χ0n) is 11.1. The Kier molecular flexibility index (Phi) is 4.29. The lowest BCUT2D eigenvalue weighted by molar-refractivity contribution is -0.158. The van der Waals surface area contributed by atoms with Crippen LogP contribution >= 0.6 is 0 Å². The van der Waals surface area contributed by atoms with Gasteiger partial charge in [0.15, 0.2) is 0 Å². The molecule has 2 bridgehead atoms. The fourth-order valence-corrected chi connectivity index (χ4v) is 3.43. The van der Waals surface area contributed by atoms with Gasteiger partial charge in [-0.1, -0.05) is 11.6 Å². The van der Waals surface area contributed by atoms with Gasteiger partial charge in [0.05, 0.1) is 5.41 Å². The highest BCUT2D eigenvalue weighted by Crippen LogP contribution is 2.48. The SMILES string of the molecule is O=CC1C=C2CCCC(C(=O)OCCS(=O)(=O)O)(C2)C1. The van der Waals surface area contributed by atoms with E-state index >= 15 is 0 Å². The Morgan fingerprint density at radius 2 is 2.30 bits per heavy atom. The highest BCUT2D eigenvalue weighted by molar-refractivity contribution is 7.85. The molecule has 2 aliphatic carbocycles. The van der Waals surface area contributed by atoms with Gasteiger partial charge in [-0.15, -0.1) is 0 Å². The molecule has 0 aliphatic heterocycles. The molecular weight excluding hydrogens is 284 g/mol. The van der Waals surface area contributed by atoms with Crippen LogP contribution in [0.1, 0.15) is 32.1 Å². The number of allylic oxidation sites excluding steroid dienone is 2. The highest BCUT2D eigenvalue weighted by Gasteiger charge is 2.46. The molecule has 0 amide bonds. The Balaban J connectivity index is 2.04. The molecular formula is C13H18O6S. The van der Waals surface area contributed by atoms with Crippen molar-refractivity contribution in [3.8, 4) is 0 Å². The van der Waals surface area contributed by atoms with Gasteiger partial charge in [-0.2, -0.15) is 8.42 Å². The molecule has 112 valence electrons. The van der Waals surface area contributed by atoms with Gasteiger partial charge in [-0.05, 0) is 32.1 Å². The van der Waals surface area contributed by atoms with E-state index in [1.165, 1.54) is 0 Å². The molecule has 0 heterocycles. The van der Waals surface area contributed by atoms with Crippen molar-refractivity contribution in [2.75, 3.05) is 12.4 Å². The number of carbonyl (C=O) groups excluding carboxylic acids is 2. The topological polar surface area (TPSA) is 97.7 Å². The minimum Gasteiger partial charge on any atom is -0.464 e. The fourth-order valence-electron chi connectivity index (χ4n) is 3.13. The van der Waals surface area contributed by atoms with Gasteiger partial charge >= 0.3 is 5.97 Å². The van der Waals surface area contributed by atoms with Gasteiger partial charge in [0, 0.05) is 5.92 Å². The first-order chi connectivity index (χ1) is 9.35. The largest absolute Gasteiger partial charge is 0.464 e. The van der Waals surface area contributed by atoms with E-state index in [9.17, 15) is 18.0 Å². The van der Waals surface area contributed by atoms with Gasteiger partial charge in [0.2, 0.25) is 0 Å². The summed E-state index contributed by atoms with van der Waals surface area (Å²) in [5.41, 5.74) is 0.402. The summed E-state index contributed by atoms with van der Waals surface area (Å²) in [6.45, 7) is -0.357. The van der Waals surface area contributed by atoms with Gasteiger partial charge in [-0.25, -0.2) is 0 Å². The van der Waals surface area contributed by atoms with E-state index < -0.39 is 27.3 Å². The van der Waals surface area contributed by atoms with E-state index in [1.54, 1.807) is 0 Å². The number of esters is 1. The van der Waals surface area contributed by atoms with E-state index in [0.29, 0.717) is 19.3 Å². The first-order valence-electron chi connectivity index (χ1n) is 6.62. The predicted octanol–water partition coefficient (Wildman–Crippen LogP) is 1.12. The molecule has 0 radical (unpaired) electrons. The molecule has 7 heteroatoms. The quantitative estimate of drug-likeness (QED) is 0.354. The maximum Gasteiger partial charge on any atom is 0.312 e. The van der Waals surface area contributed by atoms with E-state index in [2.05, 4.69) is 0 Å². The maximum absolute atomic E-state index is 12.2. The molecule has 20 heavy (non-hydrogen) atoms. The maximum atomic E-state index is 12.2. The van der Waals surface area contributed by atoms with Gasteiger partial charge < -0.3 is 9.53 Å². The van der Waals surface area contributed by atoms with E-state index in [1.807, 2.05) is 6.08 Å². The lowest BCUT2D eigenvalue weighted by Gasteiger charge is -2.40. The summed E-state index contributed by atoms with van der Waals surface area (Å²) in [5, 5.41) is 0. The molecule has 1 N–H and O–H groups in total. The lowest BCUT2D eigenvalue weighted by Crippen LogP contribution is -2.40. The van der Waals surface area contributed by atoms with Crippen molar-refractivity contribution in [2.24, 2.45) is 11.3 Å². The second-order valence-corrected chi connectivity index (χ2v) is 7.13. The van der Waals surface area contributed by atoms with Crippen LogP contribution in [0.15, 0.2) is 11.6 Å². The third kappa shape index (κ3) is 3.46. The molecule has 0 aromatic carbocycles. The minimum absolute atomic E-state index is 0.270. The average molecular weight is 302 g/mol. The minimum atomic E-state index is -4.13. The number of ether oxygens (including phenoxy) is 1. The van der Waals surface area contributed by atoms with Crippen molar-refractivity contribution in [1.82, 2.24) is 0 Å². The molecule has 2 atom stereocenters. The van der Waals surface area contributed by atoms with Crippen molar-refractivity contribution in [1.29, 1.82) is 0 Å². The number of rotatable bonds is 5. The van der Waals surface area contributed by atoms with Crippen LogP contribution in [0.5, 0.6) is 0 Å². The van der Waals surface area contributed by atoms with Crippen LogP contribution in [-0.2, 0) is 24.4 Å². The lowest BCUT2D eigenvalue weighted by atomic mass is 9.63. The number of aldehydes is 1. The van der Waals surface area contributed by atoms with E-state index in [4.69, 9.17) is 9.29 Å². The van der Waals surface area contributed by atoms with Crippen LogP contribution in [0.4, 0.5) is 0 Å². The Labute approximate surface area is 117 Å². The summed E-state index contributed by atoms with van der Waals surface area (Å²) in [6, 6.07) is 0. The summed E-state index contributed by atoms with van der Waals surface area (Å²) < 4.78 is 34.8. The zero-order chi connectivity index (χ0) is 14.8. The molecule has 0 aromatic rings. The normalized spacial score (nSPS) is 29.4. The first-order valence-corrected chi connectivity index (χ1v) is 8.23. The third-order valence-electron chi connectivity index (χ3n) is 3.98. The number of fused-ring (bicyclic) bond motifs is 2. The smallest absolute Gasteiger partial charge is 0.312 e. The molecule has 2 rings (SSSR count). The molecule has 2 unspecified atom stereocenters. The van der Waals surface area contributed by atoms with Crippen molar-refractivity contribution in [2.45, 2.75) is 32.1 Å². The van der Waals surface area contributed by atoms with Crippen LogP contribution < -0.4 is 0 Å².